The second-order valence-electron chi connectivity index (χ2n) is 5.75. The molecule has 0 spiro atoms. The molecule has 0 unspecified atom stereocenters. The fourth-order valence-corrected chi connectivity index (χ4v) is 2.93. The molecule has 0 saturated carbocycles. The normalized spacial score (nSPS) is 15.0. The van der Waals surface area contributed by atoms with Crippen molar-refractivity contribution in [2.45, 2.75) is 13.3 Å². The molecule has 144 valence electrons. The predicted molar refractivity (Wildman–Crippen MR) is 105 cm³/mol. The Kier molecular flexibility index (Phi) is 7.89. The fourth-order valence-electron chi connectivity index (χ4n) is 2.58. The lowest BCUT2D eigenvalue weighted by Crippen LogP contribution is -2.54. The molecular formula is C16H26BrN7O2. The standard InChI is InChI=1S/C16H26BrN7O2/c1-4-5-19-13(25)11-21-15(18-2)23-6-8-24(9-7-23)16-20-10-12(17)14(22-16)26-3/h10H,4-9,11H2,1-3H3,(H,18,21)(H,19,25). The average Bonchev–Trinajstić information content (AvgIpc) is 2.67. The number of rotatable bonds is 6. The maximum absolute atomic E-state index is 11.7. The highest BCUT2D eigenvalue weighted by atomic mass is 79.9. The number of guanidine groups is 1. The SMILES string of the molecule is CCCNC(=O)CNC(=NC)N1CCN(c2ncc(Br)c(OC)n2)CC1. The van der Waals surface area contributed by atoms with E-state index >= 15 is 0 Å². The number of piperazine rings is 1. The van der Waals surface area contributed by atoms with E-state index in [4.69, 9.17) is 4.74 Å². The van der Waals surface area contributed by atoms with E-state index in [0.29, 0.717) is 18.4 Å². The van der Waals surface area contributed by atoms with Crippen LogP contribution in [0.3, 0.4) is 0 Å². The molecule has 1 saturated heterocycles. The van der Waals surface area contributed by atoms with Crippen LogP contribution in [-0.4, -0.2) is 80.2 Å². The number of carbonyl (C=O) groups is 1. The van der Waals surface area contributed by atoms with Crippen molar-refractivity contribution in [1.29, 1.82) is 0 Å². The number of amides is 1. The highest BCUT2D eigenvalue weighted by Crippen LogP contribution is 2.23. The summed E-state index contributed by atoms with van der Waals surface area (Å²) < 4.78 is 5.96. The molecule has 1 fully saturated rings. The van der Waals surface area contributed by atoms with Gasteiger partial charge in [-0.25, -0.2) is 4.98 Å². The molecule has 1 aliphatic heterocycles. The number of carbonyl (C=O) groups excluding carboxylic acids is 1. The van der Waals surface area contributed by atoms with Gasteiger partial charge in [0.15, 0.2) is 5.96 Å². The summed E-state index contributed by atoms with van der Waals surface area (Å²) in [7, 11) is 3.31. The second kappa shape index (κ2) is 10.1. The topological polar surface area (TPSA) is 95.0 Å². The van der Waals surface area contributed by atoms with Crippen molar-refractivity contribution in [3.8, 4) is 5.88 Å². The Bertz CT molecular complexity index is 633. The first kappa shape index (κ1) is 20.2. The van der Waals surface area contributed by atoms with Gasteiger partial charge in [0.2, 0.25) is 17.7 Å². The maximum atomic E-state index is 11.7. The molecule has 0 atom stereocenters. The van der Waals surface area contributed by atoms with E-state index in [0.717, 1.165) is 43.0 Å². The van der Waals surface area contributed by atoms with Gasteiger partial charge in [-0.2, -0.15) is 4.98 Å². The summed E-state index contributed by atoms with van der Waals surface area (Å²) in [6.45, 7) is 5.97. The van der Waals surface area contributed by atoms with Crippen LogP contribution in [0.15, 0.2) is 15.7 Å². The number of ether oxygens (including phenoxy) is 1. The van der Waals surface area contributed by atoms with Crippen LogP contribution in [0, 0.1) is 0 Å². The zero-order chi connectivity index (χ0) is 18.9. The molecule has 0 radical (unpaired) electrons. The number of aliphatic imine (C=N–C) groups is 1. The van der Waals surface area contributed by atoms with Crippen LogP contribution in [0.4, 0.5) is 5.95 Å². The number of halogens is 1. The number of nitrogens with one attached hydrogen (secondary N) is 2. The van der Waals surface area contributed by atoms with E-state index in [-0.39, 0.29) is 12.5 Å². The molecular weight excluding hydrogens is 402 g/mol. The molecule has 9 nitrogen and oxygen atoms in total. The van der Waals surface area contributed by atoms with Crippen molar-refractivity contribution in [3.05, 3.63) is 10.7 Å². The lowest BCUT2D eigenvalue weighted by atomic mass is 10.3. The Morgan fingerprint density at radius 1 is 1.35 bits per heavy atom. The summed E-state index contributed by atoms with van der Waals surface area (Å²) in [6, 6.07) is 0. The number of anilines is 1. The quantitative estimate of drug-likeness (QED) is 0.503. The predicted octanol–water partition coefficient (Wildman–Crippen LogP) is 0.471. The molecule has 0 aromatic carbocycles. The average molecular weight is 428 g/mol. The number of nitrogens with zero attached hydrogens (tertiary/aromatic N) is 5. The van der Waals surface area contributed by atoms with Crippen LogP contribution >= 0.6 is 15.9 Å². The number of hydrogen-bond donors (Lipinski definition) is 2. The molecule has 2 heterocycles. The minimum Gasteiger partial charge on any atom is -0.480 e. The summed E-state index contributed by atoms with van der Waals surface area (Å²) in [5.41, 5.74) is 0. The Balaban J connectivity index is 1.87. The fraction of sp³-hybridized carbons (Fsp3) is 0.625. The molecule has 10 heteroatoms. The van der Waals surface area contributed by atoms with Gasteiger partial charge >= 0.3 is 0 Å². The largest absolute Gasteiger partial charge is 0.480 e. The molecule has 2 rings (SSSR count). The van der Waals surface area contributed by atoms with Gasteiger partial charge in [-0.15, -0.1) is 0 Å². The summed E-state index contributed by atoms with van der Waals surface area (Å²) in [5, 5.41) is 5.96. The van der Waals surface area contributed by atoms with Crippen molar-refractivity contribution in [2.75, 3.05) is 58.3 Å². The zero-order valence-electron chi connectivity index (χ0n) is 15.5. The highest BCUT2D eigenvalue weighted by Gasteiger charge is 2.22. The van der Waals surface area contributed by atoms with Gasteiger partial charge in [0.05, 0.1) is 24.3 Å². The van der Waals surface area contributed by atoms with Crippen LogP contribution in [0.5, 0.6) is 5.88 Å². The Hall–Kier alpha value is -2.10. The maximum Gasteiger partial charge on any atom is 0.239 e. The monoisotopic (exact) mass is 427 g/mol. The van der Waals surface area contributed by atoms with Crippen LogP contribution in [0.2, 0.25) is 0 Å². The Morgan fingerprint density at radius 3 is 2.69 bits per heavy atom. The van der Waals surface area contributed by atoms with Crippen LogP contribution in [-0.2, 0) is 4.79 Å². The first-order chi connectivity index (χ1) is 12.6. The van der Waals surface area contributed by atoms with Crippen molar-refractivity contribution in [3.63, 3.8) is 0 Å². The minimum atomic E-state index is -0.0259. The third-order valence-corrected chi connectivity index (χ3v) is 4.49. The van der Waals surface area contributed by atoms with Crippen LogP contribution in [0.25, 0.3) is 0 Å². The molecule has 2 N–H and O–H groups in total. The molecule has 0 aliphatic carbocycles. The summed E-state index contributed by atoms with van der Waals surface area (Å²) in [5.74, 6) is 1.87. The van der Waals surface area contributed by atoms with Gasteiger partial charge in [0.25, 0.3) is 0 Å². The van der Waals surface area contributed by atoms with Crippen LogP contribution in [0.1, 0.15) is 13.3 Å². The van der Waals surface area contributed by atoms with E-state index in [1.807, 2.05) is 6.92 Å². The Labute approximate surface area is 162 Å². The number of methoxy groups -OCH3 is 1. The minimum absolute atomic E-state index is 0.0259. The van der Waals surface area contributed by atoms with Crippen molar-refractivity contribution >= 4 is 33.7 Å². The zero-order valence-corrected chi connectivity index (χ0v) is 17.0. The van der Waals surface area contributed by atoms with Gasteiger partial charge in [-0.3, -0.25) is 9.79 Å². The molecule has 26 heavy (non-hydrogen) atoms. The van der Waals surface area contributed by atoms with Gasteiger partial charge in [-0.05, 0) is 22.4 Å². The van der Waals surface area contributed by atoms with Crippen molar-refractivity contribution < 1.29 is 9.53 Å². The lowest BCUT2D eigenvalue weighted by Gasteiger charge is -2.36. The third kappa shape index (κ3) is 5.45. The Morgan fingerprint density at radius 2 is 2.08 bits per heavy atom. The highest BCUT2D eigenvalue weighted by molar-refractivity contribution is 9.10. The third-order valence-electron chi connectivity index (χ3n) is 3.95. The van der Waals surface area contributed by atoms with E-state index in [9.17, 15) is 4.79 Å². The molecule has 1 amide bonds. The van der Waals surface area contributed by atoms with E-state index in [2.05, 4.69) is 51.3 Å². The number of hydrogen-bond acceptors (Lipinski definition) is 6. The first-order valence-corrected chi connectivity index (χ1v) is 9.42. The van der Waals surface area contributed by atoms with Gasteiger partial charge in [0.1, 0.15) is 0 Å². The summed E-state index contributed by atoms with van der Waals surface area (Å²) >= 11 is 3.36. The molecule has 0 bridgehead atoms. The summed E-state index contributed by atoms with van der Waals surface area (Å²) in [4.78, 5) is 29.0. The van der Waals surface area contributed by atoms with Crippen molar-refractivity contribution in [2.24, 2.45) is 4.99 Å². The first-order valence-electron chi connectivity index (χ1n) is 8.62. The van der Waals surface area contributed by atoms with E-state index in [1.54, 1.807) is 20.4 Å². The molecule has 1 aromatic heterocycles. The second-order valence-corrected chi connectivity index (χ2v) is 6.61. The number of aromatic nitrogens is 2. The van der Waals surface area contributed by atoms with Gasteiger partial charge in [-0.1, -0.05) is 6.92 Å². The van der Waals surface area contributed by atoms with Crippen LogP contribution < -0.4 is 20.3 Å². The van der Waals surface area contributed by atoms with Crippen molar-refractivity contribution in [1.82, 2.24) is 25.5 Å². The van der Waals surface area contributed by atoms with Gasteiger partial charge in [0, 0.05) is 39.8 Å². The van der Waals surface area contributed by atoms with E-state index in [1.165, 1.54) is 0 Å². The lowest BCUT2D eigenvalue weighted by molar-refractivity contribution is -0.120. The molecule has 1 aliphatic rings. The smallest absolute Gasteiger partial charge is 0.239 e. The summed E-state index contributed by atoms with van der Waals surface area (Å²) in [6.07, 6.45) is 2.62. The van der Waals surface area contributed by atoms with E-state index < -0.39 is 0 Å². The van der Waals surface area contributed by atoms with Gasteiger partial charge < -0.3 is 25.2 Å². The molecule has 1 aromatic rings.